The van der Waals surface area contributed by atoms with Gasteiger partial charge in [0.15, 0.2) is 0 Å². The van der Waals surface area contributed by atoms with Crippen molar-refractivity contribution in [2.75, 3.05) is 25.0 Å². The number of hydrogen-bond acceptors (Lipinski definition) is 4. The van der Waals surface area contributed by atoms with E-state index < -0.39 is 23.3 Å². The molecule has 2 fully saturated rings. The minimum Gasteiger partial charge on any atom is -0.481 e. The molecule has 1 aromatic rings. The predicted octanol–water partition coefficient (Wildman–Crippen LogP) is 2.14. The van der Waals surface area contributed by atoms with E-state index in [1.807, 2.05) is 30.9 Å². The molecule has 1 saturated heterocycles. The molecule has 0 aromatic heterocycles. The summed E-state index contributed by atoms with van der Waals surface area (Å²) in [5, 5.41) is 14.6. The van der Waals surface area contributed by atoms with E-state index in [1.54, 1.807) is 6.07 Å². The predicted molar refractivity (Wildman–Crippen MR) is 96.9 cm³/mol. The number of anilines is 1. The Bertz CT molecular complexity index is 748. The zero-order valence-corrected chi connectivity index (χ0v) is 15.2. The van der Waals surface area contributed by atoms with Gasteiger partial charge in [0.2, 0.25) is 5.91 Å². The number of aryl methyl sites for hydroxylation is 1. The number of fused-ring (bicyclic) bond motifs is 1. The van der Waals surface area contributed by atoms with E-state index in [2.05, 4.69) is 10.6 Å². The minimum atomic E-state index is -0.768. The molecule has 2 aliphatic rings. The van der Waals surface area contributed by atoms with Gasteiger partial charge in [0, 0.05) is 18.8 Å². The second-order valence-electron chi connectivity index (χ2n) is 7.47. The molecule has 1 aliphatic heterocycles. The maximum absolute atomic E-state index is 12.2. The van der Waals surface area contributed by atoms with Gasteiger partial charge in [0.25, 0.3) is 0 Å². The number of imide groups is 1. The lowest BCUT2D eigenvalue weighted by Gasteiger charge is -2.23. The summed E-state index contributed by atoms with van der Waals surface area (Å²) in [6.07, 6.45) is 2.48. The number of nitrogens with zero attached hydrogens (tertiary/aromatic N) is 1. The molecule has 26 heavy (non-hydrogen) atoms. The summed E-state index contributed by atoms with van der Waals surface area (Å²) in [4.78, 5) is 37.8. The zero-order chi connectivity index (χ0) is 18.9. The first-order valence-corrected chi connectivity index (χ1v) is 8.94. The number of carbonyl (C=O) groups excluding carboxylic acids is 2. The quantitative estimate of drug-likeness (QED) is 0.765. The molecule has 2 atom stereocenters. The number of rotatable bonds is 4. The van der Waals surface area contributed by atoms with Crippen LogP contribution in [0, 0.1) is 25.2 Å². The molecule has 0 unspecified atom stereocenters. The normalized spacial score (nSPS) is 24.9. The van der Waals surface area contributed by atoms with Crippen molar-refractivity contribution >= 4 is 23.6 Å². The Labute approximate surface area is 152 Å². The minimum absolute atomic E-state index is 0.0335. The Morgan fingerprint density at radius 1 is 1.31 bits per heavy atom. The van der Waals surface area contributed by atoms with Gasteiger partial charge in [-0.15, -0.1) is 0 Å². The summed E-state index contributed by atoms with van der Waals surface area (Å²) < 4.78 is 0. The van der Waals surface area contributed by atoms with E-state index in [0.29, 0.717) is 25.2 Å². The number of hydrogen-bond donors (Lipinski definition) is 3. The van der Waals surface area contributed by atoms with Crippen molar-refractivity contribution in [3.63, 3.8) is 0 Å². The molecule has 3 N–H and O–H groups in total. The number of likely N-dealkylation sites (tertiary alicyclic amines) is 1. The average molecular weight is 359 g/mol. The van der Waals surface area contributed by atoms with Crippen LogP contribution in [0.15, 0.2) is 18.2 Å². The van der Waals surface area contributed by atoms with Crippen LogP contribution in [0.4, 0.5) is 10.5 Å². The fraction of sp³-hybridized carbons (Fsp3) is 0.526. The second-order valence-corrected chi connectivity index (χ2v) is 7.47. The molecule has 7 heteroatoms. The smallest absolute Gasteiger partial charge is 0.325 e. The largest absolute Gasteiger partial charge is 0.481 e. The van der Waals surface area contributed by atoms with E-state index in [4.69, 9.17) is 0 Å². The van der Waals surface area contributed by atoms with Crippen LogP contribution in [0.2, 0.25) is 0 Å². The topological polar surface area (TPSA) is 98.7 Å². The highest BCUT2D eigenvalue weighted by Crippen LogP contribution is 2.48. The molecule has 1 saturated carbocycles. The van der Waals surface area contributed by atoms with E-state index in [9.17, 15) is 19.5 Å². The maximum Gasteiger partial charge on any atom is 0.325 e. The summed E-state index contributed by atoms with van der Waals surface area (Å²) in [6.45, 7) is 4.86. The van der Waals surface area contributed by atoms with Crippen LogP contribution in [0.5, 0.6) is 0 Å². The van der Waals surface area contributed by atoms with Gasteiger partial charge in [-0.05, 0) is 49.8 Å². The van der Waals surface area contributed by atoms with E-state index >= 15 is 0 Å². The maximum atomic E-state index is 12.2. The molecular formula is C19H25N3O4. The number of carboxylic acids is 1. The fourth-order valence-corrected chi connectivity index (χ4v) is 4.27. The summed E-state index contributed by atoms with van der Waals surface area (Å²) in [5.41, 5.74) is 1.94. The van der Waals surface area contributed by atoms with Crippen molar-refractivity contribution in [2.45, 2.75) is 33.1 Å². The third-order valence-electron chi connectivity index (χ3n) is 5.84. The van der Waals surface area contributed by atoms with Crippen LogP contribution >= 0.6 is 0 Å². The summed E-state index contributed by atoms with van der Waals surface area (Å²) in [6, 6.07) is 5.00. The van der Waals surface area contributed by atoms with Gasteiger partial charge >= 0.3 is 12.0 Å². The van der Waals surface area contributed by atoms with Crippen LogP contribution in [-0.2, 0) is 9.59 Å². The zero-order valence-electron chi connectivity index (χ0n) is 15.2. The van der Waals surface area contributed by atoms with Crippen molar-refractivity contribution in [1.82, 2.24) is 10.2 Å². The Kier molecular flexibility index (Phi) is 5.00. The molecule has 0 radical (unpaired) electrons. The van der Waals surface area contributed by atoms with Gasteiger partial charge in [0.1, 0.15) is 0 Å². The number of carbonyl (C=O) groups is 3. The van der Waals surface area contributed by atoms with Crippen molar-refractivity contribution in [3.8, 4) is 0 Å². The molecule has 140 valence electrons. The Morgan fingerprint density at radius 3 is 2.77 bits per heavy atom. The van der Waals surface area contributed by atoms with Gasteiger partial charge in [-0.1, -0.05) is 18.6 Å². The average Bonchev–Trinajstić information content (AvgIpc) is 3.09. The first-order valence-electron chi connectivity index (χ1n) is 8.94. The van der Waals surface area contributed by atoms with Crippen molar-refractivity contribution in [1.29, 1.82) is 0 Å². The summed E-state index contributed by atoms with van der Waals surface area (Å²) in [7, 11) is 0. The highest BCUT2D eigenvalue weighted by Gasteiger charge is 2.54. The van der Waals surface area contributed by atoms with Gasteiger partial charge < -0.3 is 10.4 Å². The Balaban J connectivity index is 1.54. The van der Waals surface area contributed by atoms with Crippen LogP contribution in [-0.4, -0.2) is 47.5 Å². The van der Waals surface area contributed by atoms with Gasteiger partial charge in [-0.25, -0.2) is 4.79 Å². The van der Waals surface area contributed by atoms with Crippen LogP contribution < -0.4 is 10.6 Å². The molecule has 3 amide bonds. The van der Waals surface area contributed by atoms with E-state index in [1.165, 1.54) is 0 Å². The van der Waals surface area contributed by atoms with E-state index in [-0.39, 0.29) is 12.5 Å². The first-order chi connectivity index (χ1) is 12.3. The van der Waals surface area contributed by atoms with Crippen LogP contribution in [0.25, 0.3) is 0 Å². The number of amides is 3. The molecule has 1 heterocycles. The molecular weight excluding hydrogens is 334 g/mol. The first kappa shape index (κ1) is 18.4. The number of urea groups is 1. The second kappa shape index (κ2) is 7.07. The molecule has 1 aromatic carbocycles. The highest BCUT2D eigenvalue weighted by molar-refractivity contribution is 6.02. The van der Waals surface area contributed by atoms with Crippen LogP contribution in [0.3, 0.4) is 0 Å². The molecule has 0 bridgehead atoms. The van der Waals surface area contributed by atoms with Crippen LogP contribution in [0.1, 0.15) is 30.4 Å². The fourth-order valence-electron chi connectivity index (χ4n) is 4.27. The van der Waals surface area contributed by atoms with Gasteiger partial charge in [-0.3, -0.25) is 19.8 Å². The van der Waals surface area contributed by atoms with Crippen molar-refractivity contribution in [3.05, 3.63) is 29.3 Å². The monoisotopic (exact) mass is 359 g/mol. The molecule has 7 nitrogen and oxygen atoms in total. The number of aliphatic carboxylic acids is 1. The molecule has 3 rings (SSSR count). The van der Waals surface area contributed by atoms with Gasteiger partial charge in [0.05, 0.1) is 12.0 Å². The van der Waals surface area contributed by atoms with Crippen molar-refractivity contribution in [2.24, 2.45) is 11.3 Å². The molecule has 0 spiro atoms. The third kappa shape index (κ3) is 3.44. The Morgan fingerprint density at radius 2 is 2.08 bits per heavy atom. The molecule has 1 aliphatic carbocycles. The summed E-state index contributed by atoms with van der Waals surface area (Å²) in [5.74, 6) is -1.10. The highest BCUT2D eigenvalue weighted by atomic mass is 16.4. The number of carboxylic acid groups (broad SMARTS) is 1. The van der Waals surface area contributed by atoms with E-state index in [0.717, 1.165) is 24.0 Å². The standard InChI is InChI=1S/C19H25N3O4/c1-12-5-3-7-15(13(12)2)20-18(26)21-16(23)10-22-9-14-6-4-8-19(14,11-22)17(24)25/h3,5,7,14H,4,6,8-11H2,1-2H3,(H,24,25)(H2,20,21,23,26)/t14-,19+/m0/s1. The third-order valence-corrected chi connectivity index (χ3v) is 5.84. The Hall–Kier alpha value is -2.41. The summed E-state index contributed by atoms with van der Waals surface area (Å²) >= 11 is 0. The lowest BCUT2D eigenvalue weighted by molar-refractivity contribution is -0.149. The number of benzene rings is 1. The lowest BCUT2D eigenvalue weighted by Crippen LogP contribution is -2.42. The lowest BCUT2D eigenvalue weighted by atomic mass is 9.81. The van der Waals surface area contributed by atoms with Gasteiger partial charge in [-0.2, -0.15) is 0 Å². The number of nitrogens with one attached hydrogen (secondary N) is 2. The van der Waals surface area contributed by atoms with Crippen molar-refractivity contribution < 1.29 is 19.5 Å². The SMILES string of the molecule is Cc1cccc(NC(=O)NC(=O)CN2C[C@@H]3CCC[C@@]3(C(=O)O)C2)c1C.